The molecule has 0 saturated carbocycles. The third-order valence-electron chi connectivity index (χ3n) is 2.10. The third kappa shape index (κ3) is 23.6. The number of ether oxygens (including phenoxy) is 1. The van der Waals surface area contributed by atoms with E-state index in [-0.39, 0.29) is 16.2 Å². The minimum absolute atomic E-state index is 0. The molecule has 1 fully saturated rings. The van der Waals surface area contributed by atoms with E-state index in [1.165, 1.54) is 0 Å². The van der Waals surface area contributed by atoms with Crippen LogP contribution in [-0.2, 0) is 4.74 Å². The highest BCUT2D eigenvalue weighted by molar-refractivity contribution is 4.86. The molecule has 4 nitrogen and oxygen atoms in total. The molecule has 0 aliphatic carbocycles. The van der Waals surface area contributed by atoms with Crippen molar-refractivity contribution < 1.29 is 55.2 Å². The van der Waals surface area contributed by atoms with E-state index in [4.69, 9.17) is 56.0 Å². The highest BCUT2D eigenvalue weighted by Gasteiger charge is 2.31. The summed E-state index contributed by atoms with van der Waals surface area (Å²) in [6, 6.07) is 0.0984. The molecule has 1 rings (SSSR count). The van der Waals surface area contributed by atoms with Crippen LogP contribution >= 0.6 is 0 Å². The summed E-state index contributed by atoms with van der Waals surface area (Å²) in [4.78, 5) is 2.82. The Morgan fingerprint density at radius 1 is 0.955 bits per heavy atom. The average molecular weight is 365 g/mol. The van der Waals surface area contributed by atoms with Crippen LogP contribution in [0.5, 0.6) is 0 Å². The first-order valence-electron chi connectivity index (χ1n) is 4.50. The van der Waals surface area contributed by atoms with Crippen molar-refractivity contribution in [2.45, 2.75) is 26.3 Å². The summed E-state index contributed by atoms with van der Waals surface area (Å²) >= 11 is 0. The Labute approximate surface area is 117 Å². The number of halogens is 11. The van der Waals surface area contributed by atoms with Gasteiger partial charge in [0, 0.05) is 63.3 Å². The Morgan fingerprint density at radius 3 is 1.59 bits per heavy atom. The van der Waals surface area contributed by atoms with Crippen molar-refractivity contribution in [1.29, 1.82) is 0 Å². The van der Waals surface area contributed by atoms with E-state index < -0.39 is 0 Å². The second kappa shape index (κ2) is 36.6. The van der Waals surface area contributed by atoms with Gasteiger partial charge in [-0.3, -0.25) is 4.70 Å². The lowest BCUT2D eigenvalue weighted by atomic mass is 9.82. The number of hydrogen-bond acceptors (Lipinski definition) is 2. The number of nitrogens with zero attached hydrogens (tertiary/aromatic N) is 3. The molecule has 0 N–H and O–H groups in total. The highest BCUT2D eigenvalue weighted by Crippen LogP contribution is 2.29. The second-order valence-electron chi connectivity index (χ2n) is 3.55. The summed E-state index contributed by atoms with van der Waals surface area (Å²) in [6.07, 6.45) is 0.844. The first kappa shape index (κ1) is 37.1. The van der Waals surface area contributed by atoms with Crippen LogP contribution in [0.25, 0.3) is 10.4 Å². The molecule has 1 saturated heterocycles. The van der Waals surface area contributed by atoms with Crippen LogP contribution < -0.4 is 0 Å². The van der Waals surface area contributed by atoms with Gasteiger partial charge in [0.1, 0.15) is 0 Å². The molecule has 1 unspecified atom stereocenters. The van der Waals surface area contributed by atoms with Crippen LogP contribution in [0.3, 0.4) is 0 Å². The lowest BCUT2D eigenvalue weighted by molar-refractivity contribution is -0.00189. The summed E-state index contributed by atoms with van der Waals surface area (Å²) in [6.45, 7) is 5.53. The normalized spacial score (nSPS) is 15.9. The lowest BCUT2D eigenvalue weighted by Gasteiger charge is -2.35. The largest absolute Gasteiger partial charge is 0.381 e. The van der Waals surface area contributed by atoms with Gasteiger partial charge in [0.05, 0.1) is 6.61 Å². The van der Waals surface area contributed by atoms with Crippen LogP contribution in [0.1, 0.15) is 20.3 Å². The molecule has 0 aromatic rings. The molecule has 0 bridgehead atoms. The van der Waals surface area contributed by atoms with Gasteiger partial charge in [0.25, 0.3) is 0 Å². The summed E-state index contributed by atoms with van der Waals surface area (Å²) in [5, 5.41) is 3.74. The monoisotopic (exact) mass is 365 g/mol. The fraction of sp³-hybridized carbons (Fsp3) is 1.00. The molecule has 0 spiro atoms. The minimum atomic E-state index is 0. The van der Waals surface area contributed by atoms with Gasteiger partial charge in [0.2, 0.25) is 0 Å². The van der Waals surface area contributed by atoms with Gasteiger partial charge in [-0.2, -0.15) is 0 Å². The van der Waals surface area contributed by atoms with Gasteiger partial charge in [-0.05, 0) is 17.4 Å². The van der Waals surface area contributed by atoms with Gasteiger partial charge in [-0.25, -0.2) is 0 Å². The van der Waals surface area contributed by atoms with Gasteiger partial charge < -0.3 is 4.74 Å². The van der Waals surface area contributed by atoms with Crippen LogP contribution in [0.15, 0.2) is 5.11 Å². The molecule has 140 valence electrons. The van der Waals surface area contributed by atoms with E-state index in [1.807, 2.05) is 0 Å². The molecule has 15 heteroatoms. The van der Waals surface area contributed by atoms with Gasteiger partial charge in [-0.15, -0.1) is 0 Å². The Balaban J connectivity index is -0.0000000500. The molecule has 1 aliphatic heterocycles. The molecular weight excluding hydrogens is 351 g/mol. The van der Waals surface area contributed by atoms with E-state index in [2.05, 4.69) is 23.9 Å². The molecule has 1 aliphatic rings. The van der Waals surface area contributed by atoms with Crippen molar-refractivity contribution in [1.82, 2.24) is 0 Å². The Hall–Kier alpha value is -1.50. The van der Waals surface area contributed by atoms with Crippen molar-refractivity contribution in [3.05, 3.63) is 10.4 Å². The Kier molecular flexibility index (Phi) is 61.7. The van der Waals surface area contributed by atoms with Crippen LogP contribution in [0.4, 0.5) is 50.4 Å². The zero-order valence-corrected chi connectivity index (χ0v) is 11.1. The van der Waals surface area contributed by atoms with Crippen molar-refractivity contribution in [3.63, 3.8) is 0 Å². The summed E-state index contributed by atoms with van der Waals surface area (Å²) in [7, 11) is 0. The summed E-state index contributed by atoms with van der Waals surface area (Å²) in [5.41, 5.74) is 8.27. The summed E-state index contributed by atoms with van der Waals surface area (Å²) < 4.78 is 85.3. The molecule has 0 amide bonds. The number of rotatable bonds is 1. The fourth-order valence-corrected chi connectivity index (χ4v) is 1.29. The Bertz CT molecular complexity index is 206. The fourth-order valence-electron chi connectivity index (χ4n) is 1.29. The van der Waals surface area contributed by atoms with Gasteiger partial charge in [0.15, 0.2) is 0 Å². The maximum atomic E-state index is 8.27. The van der Waals surface area contributed by atoms with Crippen LogP contribution in [-0.4, -0.2) is 19.3 Å². The van der Waals surface area contributed by atoms with E-state index >= 15 is 0 Å². The predicted molar refractivity (Wildman–Crippen MR) is 55.7 cm³/mol. The lowest BCUT2D eigenvalue weighted by Crippen LogP contribution is -2.37. The minimum Gasteiger partial charge on any atom is -0.381 e. The van der Waals surface area contributed by atoms with Crippen molar-refractivity contribution in [2.75, 3.05) is 13.2 Å². The quantitative estimate of drug-likeness (QED) is 0.227. The molecule has 0 aromatic heterocycles. The SMILES string of the molecule is CC1(C)COCCC1N=[N+]=[N-].F.FF.FF.FF.FF.FF. The smallest absolute Gasteiger partial charge is 0.0521 e. The first-order chi connectivity index (χ1) is 10.2. The number of azide groups is 1. The highest BCUT2D eigenvalue weighted by atomic mass is 20.0. The first-order valence-corrected chi connectivity index (χ1v) is 4.50. The van der Waals surface area contributed by atoms with Crippen molar-refractivity contribution in [2.24, 2.45) is 10.5 Å². The Morgan fingerprint density at radius 2 is 1.32 bits per heavy atom. The standard InChI is InChI=1S/C7H13N3O.5F2.FH/c1-7(2)5-11-4-3-6(7)9-10-8;5*1-2;/h6H,3-5H2,1-2H3;;;;;;1H. The molecule has 22 heavy (non-hydrogen) atoms. The zero-order valence-electron chi connectivity index (χ0n) is 11.1. The number of hydrogen-bond donors (Lipinski definition) is 0. The molecule has 1 heterocycles. The van der Waals surface area contributed by atoms with E-state index in [0.29, 0.717) is 13.2 Å². The maximum Gasteiger partial charge on any atom is 0.0521 e. The van der Waals surface area contributed by atoms with Crippen LogP contribution in [0, 0.1) is 5.41 Å². The molecule has 0 aromatic carbocycles. The maximum absolute atomic E-state index is 8.27. The zero-order chi connectivity index (χ0) is 18.3. The van der Waals surface area contributed by atoms with Crippen molar-refractivity contribution >= 4 is 0 Å². The van der Waals surface area contributed by atoms with E-state index in [1.54, 1.807) is 0 Å². The third-order valence-corrected chi connectivity index (χ3v) is 2.10. The average Bonchev–Trinajstić information content (AvgIpc) is 2.59. The van der Waals surface area contributed by atoms with E-state index in [0.717, 1.165) is 6.42 Å². The van der Waals surface area contributed by atoms with Gasteiger partial charge in [-0.1, -0.05) is 19.0 Å². The molecular formula is C7H14F11N3O. The second-order valence-corrected chi connectivity index (χ2v) is 3.55. The van der Waals surface area contributed by atoms with Crippen LogP contribution in [0.2, 0.25) is 0 Å². The molecule has 0 radical (unpaired) electrons. The summed E-state index contributed by atoms with van der Waals surface area (Å²) in [5.74, 6) is 0. The predicted octanol–water partition coefficient (Wildman–Crippen LogP) is 6.47. The topological polar surface area (TPSA) is 58.0 Å². The molecule has 1 atom stereocenters. The van der Waals surface area contributed by atoms with Crippen molar-refractivity contribution in [3.8, 4) is 0 Å². The van der Waals surface area contributed by atoms with Gasteiger partial charge >= 0.3 is 0 Å². The van der Waals surface area contributed by atoms with E-state index in [9.17, 15) is 0 Å².